The molecule has 1 fully saturated rings. The molecule has 0 aromatic heterocycles. The van der Waals surface area contributed by atoms with Crippen LogP contribution in [0.15, 0.2) is 0 Å². The number of hydrogen-bond donors (Lipinski definition) is 1. The molecule has 1 saturated heterocycles. The van der Waals surface area contributed by atoms with Gasteiger partial charge in [-0.25, -0.2) is 4.79 Å². The maximum atomic E-state index is 12.1. The molecule has 0 radical (unpaired) electrons. The lowest BCUT2D eigenvalue weighted by Crippen LogP contribution is -2.40. The number of amides is 1. The molecular formula is C14H28N2O2. The lowest BCUT2D eigenvalue weighted by atomic mass is 9.90. The molecule has 0 aromatic carbocycles. The zero-order chi connectivity index (χ0) is 13.8. The highest BCUT2D eigenvalue weighted by atomic mass is 16.6. The summed E-state index contributed by atoms with van der Waals surface area (Å²) in [5.41, 5.74) is 5.32. The number of carbonyl (C=O) groups excluding carboxylic acids is 1. The van der Waals surface area contributed by atoms with Gasteiger partial charge in [0.05, 0.1) is 0 Å². The Morgan fingerprint density at radius 3 is 2.67 bits per heavy atom. The van der Waals surface area contributed by atoms with E-state index < -0.39 is 5.60 Å². The fourth-order valence-electron chi connectivity index (χ4n) is 2.32. The van der Waals surface area contributed by atoms with Gasteiger partial charge in [0.25, 0.3) is 0 Å². The monoisotopic (exact) mass is 256 g/mol. The molecule has 1 aliphatic heterocycles. The highest BCUT2D eigenvalue weighted by Gasteiger charge is 2.28. The van der Waals surface area contributed by atoms with Crippen molar-refractivity contribution in [3.63, 3.8) is 0 Å². The molecule has 4 nitrogen and oxygen atoms in total. The minimum Gasteiger partial charge on any atom is -0.444 e. The van der Waals surface area contributed by atoms with Crippen LogP contribution in [0.2, 0.25) is 0 Å². The number of rotatable bonds is 2. The molecule has 0 spiro atoms. The summed E-state index contributed by atoms with van der Waals surface area (Å²) in [6.07, 6.45) is 3.22. The van der Waals surface area contributed by atoms with Crippen molar-refractivity contribution >= 4 is 6.09 Å². The van der Waals surface area contributed by atoms with E-state index in [1.807, 2.05) is 25.7 Å². The molecule has 18 heavy (non-hydrogen) atoms. The Balaban J connectivity index is 2.61. The molecule has 1 heterocycles. The second kappa shape index (κ2) is 6.41. The molecule has 1 rings (SSSR count). The number of ether oxygens (including phenoxy) is 1. The maximum absolute atomic E-state index is 12.1. The molecule has 2 N–H and O–H groups in total. The van der Waals surface area contributed by atoms with E-state index >= 15 is 0 Å². The number of likely N-dealkylation sites (tertiary alicyclic amines) is 1. The average Bonchev–Trinajstić information content (AvgIpc) is 2.51. The number of hydrogen-bond acceptors (Lipinski definition) is 3. The fourth-order valence-corrected chi connectivity index (χ4v) is 2.32. The Morgan fingerprint density at radius 1 is 1.44 bits per heavy atom. The molecule has 1 aliphatic rings. The SMILES string of the molecule is CC(CN)C1CCCCN(C(=O)OC(C)(C)C)C1. The Hall–Kier alpha value is -0.770. The van der Waals surface area contributed by atoms with E-state index in [9.17, 15) is 4.79 Å². The highest BCUT2D eigenvalue weighted by molar-refractivity contribution is 5.68. The summed E-state index contributed by atoms with van der Waals surface area (Å²) in [7, 11) is 0. The van der Waals surface area contributed by atoms with Crippen LogP contribution in [-0.2, 0) is 4.74 Å². The standard InChI is InChI=1S/C14H28N2O2/c1-11(9-15)12-7-5-6-8-16(10-12)13(17)18-14(2,3)4/h11-12H,5-10,15H2,1-4H3. The summed E-state index contributed by atoms with van der Waals surface area (Å²) in [5, 5.41) is 0. The molecule has 0 bridgehead atoms. The van der Waals surface area contributed by atoms with E-state index in [1.165, 1.54) is 6.42 Å². The molecule has 0 aliphatic carbocycles. The third-order valence-electron chi connectivity index (χ3n) is 3.54. The van der Waals surface area contributed by atoms with Crippen LogP contribution in [0.3, 0.4) is 0 Å². The minimum atomic E-state index is -0.418. The van der Waals surface area contributed by atoms with Crippen LogP contribution in [0.5, 0.6) is 0 Å². The van der Waals surface area contributed by atoms with E-state index in [2.05, 4.69) is 6.92 Å². The second-order valence-electron chi connectivity index (χ2n) is 6.40. The quantitative estimate of drug-likeness (QED) is 0.826. The Bertz CT molecular complexity index is 273. The number of nitrogens with zero attached hydrogens (tertiary/aromatic N) is 1. The second-order valence-corrected chi connectivity index (χ2v) is 6.40. The van der Waals surface area contributed by atoms with Crippen molar-refractivity contribution in [2.45, 2.75) is 52.6 Å². The van der Waals surface area contributed by atoms with Crippen LogP contribution in [-0.4, -0.2) is 36.2 Å². The first-order valence-corrected chi connectivity index (χ1v) is 7.01. The van der Waals surface area contributed by atoms with Crippen molar-refractivity contribution in [2.75, 3.05) is 19.6 Å². The topological polar surface area (TPSA) is 55.6 Å². The van der Waals surface area contributed by atoms with Crippen molar-refractivity contribution in [1.82, 2.24) is 4.90 Å². The molecular weight excluding hydrogens is 228 g/mol. The van der Waals surface area contributed by atoms with Gasteiger partial charge in [0.2, 0.25) is 0 Å². The Labute approximate surface area is 111 Å². The van der Waals surface area contributed by atoms with E-state index in [0.29, 0.717) is 18.4 Å². The first kappa shape index (κ1) is 15.3. The summed E-state index contributed by atoms with van der Waals surface area (Å²) < 4.78 is 5.45. The van der Waals surface area contributed by atoms with Gasteiger partial charge < -0.3 is 15.4 Å². The van der Waals surface area contributed by atoms with Gasteiger partial charge in [-0.2, -0.15) is 0 Å². The normalized spacial score (nSPS) is 23.4. The van der Waals surface area contributed by atoms with Gasteiger partial charge in [0.1, 0.15) is 5.60 Å². The van der Waals surface area contributed by atoms with Crippen LogP contribution >= 0.6 is 0 Å². The van der Waals surface area contributed by atoms with E-state index in [0.717, 1.165) is 25.9 Å². The van der Waals surface area contributed by atoms with Crippen LogP contribution < -0.4 is 5.73 Å². The lowest BCUT2D eigenvalue weighted by Gasteiger charge is -2.30. The first-order chi connectivity index (χ1) is 8.33. The van der Waals surface area contributed by atoms with Crippen molar-refractivity contribution in [1.29, 1.82) is 0 Å². The zero-order valence-corrected chi connectivity index (χ0v) is 12.2. The third-order valence-corrected chi connectivity index (χ3v) is 3.54. The largest absolute Gasteiger partial charge is 0.444 e. The smallest absolute Gasteiger partial charge is 0.410 e. The van der Waals surface area contributed by atoms with Gasteiger partial charge in [-0.1, -0.05) is 13.3 Å². The molecule has 2 atom stereocenters. The Kier molecular flexibility index (Phi) is 5.45. The van der Waals surface area contributed by atoms with Crippen LogP contribution in [0.4, 0.5) is 4.79 Å². The molecule has 0 aromatic rings. The molecule has 1 amide bonds. The Morgan fingerprint density at radius 2 is 2.11 bits per heavy atom. The van der Waals surface area contributed by atoms with E-state index in [1.54, 1.807) is 0 Å². The summed E-state index contributed by atoms with van der Waals surface area (Å²) in [6, 6.07) is 0. The number of carbonyl (C=O) groups is 1. The van der Waals surface area contributed by atoms with Crippen molar-refractivity contribution < 1.29 is 9.53 Å². The van der Waals surface area contributed by atoms with Crippen LogP contribution in [0, 0.1) is 11.8 Å². The summed E-state index contributed by atoms with van der Waals surface area (Å²) in [6.45, 7) is 10.2. The maximum Gasteiger partial charge on any atom is 0.410 e. The van der Waals surface area contributed by atoms with Crippen molar-refractivity contribution in [3.05, 3.63) is 0 Å². The van der Waals surface area contributed by atoms with Crippen molar-refractivity contribution in [3.8, 4) is 0 Å². The summed E-state index contributed by atoms with van der Waals surface area (Å²) in [5.74, 6) is 0.970. The highest BCUT2D eigenvalue weighted by Crippen LogP contribution is 2.24. The van der Waals surface area contributed by atoms with Crippen LogP contribution in [0.1, 0.15) is 47.0 Å². The van der Waals surface area contributed by atoms with E-state index in [4.69, 9.17) is 10.5 Å². The molecule has 0 saturated carbocycles. The van der Waals surface area contributed by atoms with Gasteiger partial charge in [0, 0.05) is 13.1 Å². The van der Waals surface area contributed by atoms with Gasteiger partial charge in [-0.15, -0.1) is 0 Å². The number of nitrogens with two attached hydrogens (primary N) is 1. The average molecular weight is 256 g/mol. The predicted molar refractivity (Wildman–Crippen MR) is 73.4 cm³/mol. The molecule has 2 unspecified atom stereocenters. The van der Waals surface area contributed by atoms with Gasteiger partial charge in [-0.05, 0) is 52.0 Å². The molecule has 4 heteroatoms. The first-order valence-electron chi connectivity index (χ1n) is 7.01. The van der Waals surface area contributed by atoms with E-state index in [-0.39, 0.29) is 6.09 Å². The van der Waals surface area contributed by atoms with Gasteiger partial charge >= 0.3 is 6.09 Å². The zero-order valence-electron chi connectivity index (χ0n) is 12.2. The third kappa shape index (κ3) is 4.84. The summed E-state index contributed by atoms with van der Waals surface area (Å²) in [4.78, 5) is 14.0. The van der Waals surface area contributed by atoms with Gasteiger partial charge in [0.15, 0.2) is 0 Å². The van der Waals surface area contributed by atoms with Gasteiger partial charge in [-0.3, -0.25) is 0 Å². The minimum absolute atomic E-state index is 0.182. The molecule has 106 valence electrons. The summed E-state index contributed by atoms with van der Waals surface area (Å²) >= 11 is 0. The lowest BCUT2D eigenvalue weighted by molar-refractivity contribution is 0.0221. The fraction of sp³-hybridized carbons (Fsp3) is 0.929. The predicted octanol–water partition coefficient (Wildman–Crippen LogP) is 2.62. The van der Waals surface area contributed by atoms with Crippen molar-refractivity contribution in [2.24, 2.45) is 17.6 Å². The van der Waals surface area contributed by atoms with Crippen LogP contribution in [0.25, 0.3) is 0 Å².